The number of fused-ring (bicyclic) bond motifs is 1. The summed E-state index contributed by atoms with van der Waals surface area (Å²) in [4.78, 5) is 24.0. The smallest absolute Gasteiger partial charge is 0.276 e. The van der Waals surface area contributed by atoms with Crippen molar-refractivity contribution in [1.29, 1.82) is 0 Å². The summed E-state index contributed by atoms with van der Waals surface area (Å²) < 4.78 is 5.55. The van der Waals surface area contributed by atoms with Gasteiger partial charge in [-0.25, -0.2) is 4.98 Å². The predicted molar refractivity (Wildman–Crippen MR) is 127 cm³/mol. The second kappa shape index (κ2) is 8.99. The van der Waals surface area contributed by atoms with Gasteiger partial charge in [-0.15, -0.1) is 0 Å². The summed E-state index contributed by atoms with van der Waals surface area (Å²) in [6.45, 7) is 7.08. The molecule has 0 unspecified atom stereocenters. The Labute approximate surface area is 192 Å². The maximum atomic E-state index is 12.9. The number of benzene rings is 1. The number of aromatic amines is 1. The second-order valence-corrected chi connectivity index (χ2v) is 8.55. The number of nitrogens with zero attached hydrogens (tertiary/aromatic N) is 4. The normalized spacial score (nSPS) is 13.8. The molecule has 33 heavy (non-hydrogen) atoms. The molecule has 2 N–H and O–H groups in total. The molecule has 1 fully saturated rings. The quantitative estimate of drug-likeness (QED) is 0.444. The van der Waals surface area contributed by atoms with Crippen LogP contribution in [0.2, 0.25) is 0 Å². The molecule has 3 aromatic heterocycles. The number of amides is 1. The Hall–Kier alpha value is -3.78. The number of anilines is 1. The molecular formula is C25H26N6O2. The Morgan fingerprint density at radius 3 is 2.73 bits per heavy atom. The third kappa shape index (κ3) is 4.70. The summed E-state index contributed by atoms with van der Waals surface area (Å²) in [5.41, 5.74) is 4.91. The molecule has 8 heteroatoms. The van der Waals surface area contributed by atoms with Gasteiger partial charge in [0.25, 0.3) is 5.91 Å². The van der Waals surface area contributed by atoms with Crippen LogP contribution in [0.1, 0.15) is 36.3 Å². The molecule has 1 aromatic carbocycles. The maximum absolute atomic E-state index is 12.9. The van der Waals surface area contributed by atoms with E-state index < -0.39 is 0 Å². The number of nitrogens with one attached hydrogen (secondary N) is 2. The van der Waals surface area contributed by atoms with Gasteiger partial charge in [0.1, 0.15) is 0 Å². The first-order valence-electron chi connectivity index (χ1n) is 11.1. The van der Waals surface area contributed by atoms with Crippen LogP contribution in [0.4, 0.5) is 5.69 Å². The zero-order valence-corrected chi connectivity index (χ0v) is 18.7. The fourth-order valence-corrected chi connectivity index (χ4v) is 3.85. The van der Waals surface area contributed by atoms with Crippen LogP contribution in [0.3, 0.4) is 0 Å². The average Bonchev–Trinajstić information content (AvgIpc) is 3.21. The lowest BCUT2D eigenvalue weighted by atomic mass is 10.0. The van der Waals surface area contributed by atoms with Crippen molar-refractivity contribution < 1.29 is 9.53 Å². The molecule has 1 aliphatic rings. The highest BCUT2D eigenvalue weighted by atomic mass is 16.5. The van der Waals surface area contributed by atoms with Crippen molar-refractivity contribution in [3.63, 3.8) is 0 Å². The molecule has 168 valence electrons. The molecule has 4 heterocycles. The SMILES string of the molecule is CC(C)Oc1ccc(NC(=O)c2n[nH]c3ccc(-c4cncc(CN5CCC5)c4)cc23)cn1. The number of aromatic nitrogens is 4. The number of rotatable bonds is 7. The van der Waals surface area contributed by atoms with E-state index in [1.54, 1.807) is 18.3 Å². The minimum absolute atomic E-state index is 0.0363. The van der Waals surface area contributed by atoms with Crippen LogP contribution in [0.15, 0.2) is 55.0 Å². The average molecular weight is 443 g/mol. The van der Waals surface area contributed by atoms with Crippen molar-refractivity contribution in [3.05, 3.63) is 66.2 Å². The van der Waals surface area contributed by atoms with Crippen molar-refractivity contribution in [3.8, 4) is 17.0 Å². The molecule has 0 saturated carbocycles. The van der Waals surface area contributed by atoms with Gasteiger partial charge >= 0.3 is 0 Å². The molecule has 8 nitrogen and oxygen atoms in total. The van der Waals surface area contributed by atoms with Gasteiger partial charge in [-0.3, -0.25) is 19.8 Å². The van der Waals surface area contributed by atoms with Gasteiger partial charge in [-0.05, 0) is 68.8 Å². The first-order chi connectivity index (χ1) is 16.0. The summed E-state index contributed by atoms with van der Waals surface area (Å²) >= 11 is 0. The first-order valence-corrected chi connectivity index (χ1v) is 11.1. The van der Waals surface area contributed by atoms with E-state index in [9.17, 15) is 4.79 Å². The van der Waals surface area contributed by atoms with Crippen LogP contribution < -0.4 is 10.1 Å². The minimum atomic E-state index is -0.303. The molecule has 0 atom stereocenters. The first kappa shape index (κ1) is 21.1. The molecule has 1 aliphatic heterocycles. The van der Waals surface area contributed by atoms with E-state index in [2.05, 4.69) is 36.4 Å². The standard InChI is InChI=1S/C25H26N6O2/c1-16(2)33-23-7-5-20(14-27-23)28-25(32)24-21-11-18(4-6-22(21)29-30-24)19-10-17(12-26-13-19)15-31-8-3-9-31/h4-7,10-14,16H,3,8-9,15H2,1-2H3,(H,28,32)(H,29,30). The fourth-order valence-electron chi connectivity index (χ4n) is 3.85. The van der Waals surface area contributed by atoms with Crippen molar-refractivity contribution in [2.75, 3.05) is 18.4 Å². The molecule has 5 rings (SSSR count). The number of hydrogen-bond donors (Lipinski definition) is 2. The summed E-state index contributed by atoms with van der Waals surface area (Å²) in [7, 11) is 0. The topological polar surface area (TPSA) is 96.0 Å². The molecule has 0 bridgehead atoms. The van der Waals surface area contributed by atoms with E-state index in [1.807, 2.05) is 44.4 Å². The highest BCUT2D eigenvalue weighted by molar-refractivity contribution is 6.11. The van der Waals surface area contributed by atoms with E-state index in [0.29, 0.717) is 17.3 Å². The molecule has 4 aromatic rings. The summed E-state index contributed by atoms with van der Waals surface area (Å²) in [5.74, 6) is 0.213. The van der Waals surface area contributed by atoms with Crippen molar-refractivity contribution in [2.45, 2.75) is 32.9 Å². The molecule has 0 aliphatic carbocycles. The number of H-pyrrole nitrogens is 1. The summed E-state index contributed by atoms with van der Waals surface area (Å²) in [6.07, 6.45) is 6.65. The van der Waals surface area contributed by atoms with Crippen molar-refractivity contribution in [2.24, 2.45) is 0 Å². The Morgan fingerprint density at radius 2 is 2.00 bits per heavy atom. The third-order valence-corrected chi connectivity index (χ3v) is 5.61. The van der Waals surface area contributed by atoms with Gasteiger partial charge in [0.05, 0.1) is 23.5 Å². The molecule has 1 amide bonds. The predicted octanol–water partition coefficient (Wildman–Crippen LogP) is 4.27. The van der Waals surface area contributed by atoms with Gasteiger partial charge in [0, 0.05) is 36.0 Å². The largest absolute Gasteiger partial charge is 0.475 e. The van der Waals surface area contributed by atoms with Crippen LogP contribution >= 0.6 is 0 Å². The van der Waals surface area contributed by atoms with E-state index in [4.69, 9.17) is 4.74 Å². The number of hydrogen-bond acceptors (Lipinski definition) is 6. The molecule has 0 radical (unpaired) electrons. The van der Waals surface area contributed by atoms with Gasteiger partial charge in [-0.2, -0.15) is 5.10 Å². The van der Waals surface area contributed by atoms with Crippen LogP contribution in [-0.4, -0.2) is 50.2 Å². The van der Waals surface area contributed by atoms with Gasteiger partial charge < -0.3 is 10.1 Å². The minimum Gasteiger partial charge on any atom is -0.475 e. The number of pyridine rings is 2. The van der Waals surface area contributed by atoms with Crippen LogP contribution in [0.5, 0.6) is 5.88 Å². The van der Waals surface area contributed by atoms with Crippen LogP contribution in [0, 0.1) is 0 Å². The number of carbonyl (C=O) groups excluding carboxylic acids is 1. The summed E-state index contributed by atoms with van der Waals surface area (Å²) in [5, 5.41) is 10.8. The Morgan fingerprint density at radius 1 is 1.12 bits per heavy atom. The van der Waals surface area contributed by atoms with E-state index >= 15 is 0 Å². The lowest BCUT2D eigenvalue weighted by molar-refractivity contribution is 0.102. The molecule has 1 saturated heterocycles. The number of ether oxygens (including phenoxy) is 1. The zero-order valence-electron chi connectivity index (χ0n) is 18.7. The lowest BCUT2D eigenvalue weighted by Crippen LogP contribution is -2.36. The van der Waals surface area contributed by atoms with E-state index in [0.717, 1.165) is 41.7 Å². The molecule has 0 spiro atoms. The van der Waals surface area contributed by atoms with Crippen molar-refractivity contribution in [1.82, 2.24) is 25.1 Å². The van der Waals surface area contributed by atoms with E-state index in [-0.39, 0.29) is 12.0 Å². The zero-order chi connectivity index (χ0) is 22.8. The number of carbonyl (C=O) groups is 1. The molecular weight excluding hydrogens is 416 g/mol. The Kier molecular flexibility index (Phi) is 5.75. The Bertz CT molecular complexity index is 1280. The second-order valence-electron chi connectivity index (χ2n) is 8.55. The number of likely N-dealkylation sites (tertiary alicyclic amines) is 1. The highest BCUT2D eigenvalue weighted by Crippen LogP contribution is 2.27. The maximum Gasteiger partial charge on any atom is 0.276 e. The third-order valence-electron chi connectivity index (χ3n) is 5.61. The lowest BCUT2D eigenvalue weighted by Gasteiger charge is -2.30. The van der Waals surface area contributed by atoms with Crippen LogP contribution in [0.25, 0.3) is 22.0 Å². The highest BCUT2D eigenvalue weighted by Gasteiger charge is 2.17. The monoisotopic (exact) mass is 442 g/mol. The summed E-state index contributed by atoms with van der Waals surface area (Å²) in [6, 6.07) is 11.6. The fraction of sp³-hybridized carbons (Fsp3) is 0.280. The van der Waals surface area contributed by atoms with Gasteiger partial charge in [-0.1, -0.05) is 6.07 Å². The van der Waals surface area contributed by atoms with Gasteiger partial charge in [0.2, 0.25) is 5.88 Å². The van der Waals surface area contributed by atoms with Crippen molar-refractivity contribution >= 4 is 22.5 Å². The van der Waals surface area contributed by atoms with Crippen LogP contribution in [-0.2, 0) is 6.54 Å². The van der Waals surface area contributed by atoms with E-state index in [1.165, 1.54) is 12.0 Å². The Balaban J connectivity index is 1.37. The van der Waals surface area contributed by atoms with Gasteiger partial charge in [0.15, 0.2) is 5.69 Å².